The normalized spacial score (nSPS) is 12.6. The lowest BCUT2D eigenvalue weighted by molar-refractivity contribution is 0.119. The molecule has 0 fully saturated rings. The molecule has 0 atom stereocenters. The fourth-order valence-electron chi connectivity index (χ4n) is 2.06. The second-order valence-corrected chi connectivity index (χ2v) is 7.47. The van der Waals surface area contributed by atoms with Crippen molar-refractivity contribution in [1.82, 2.24) is 4.72 Å². The van der Waals surface area contributed by atoms with Gasteiger partial charge in [0.15, 0.2) is 0 Å². The predicted octanol–water partition coefficient (Wildman–Crippen LogP) is 2.31. The molecule has 0 unspecified atom stereocenters. The summed E-state index contributed by atoms with van der Waals surface area (Å²) in [5.41, 5.74) is 5.99. The molecule has 1 aromatic rings. The third-order valence-corrected chi connectivity index (χ3v) is 5.93. The van der Waals surface area contributed by atoms with E-state index in [1.165, 1.54) is 12.1 Å². The van der Waals surface area contributed by atoms with Crippen LogP contribution in [-0.2, 0) is 10.0 Å². The van der Waals surface area contributed by atoms with E-state index in [1.807, 2.05) is 13.8 Å². The van der Waals surface area contributed by atoms with Crippen LogP contribution < -0.4 is 10.5 Å². The van der Waals surface area contributed by atoms with E-state index in [-0.39, 0.29) is 23.7 Å². The van der Waals surface area contributed by atoms with E-state index in [1.54, 1.807) is 6.92 Å². The third kappa shape index (κ3) is 4.10. The number of nitrogens with two attached hydrogens (primary N) is 1. The third-order valence-electron chi connectivity index (χ3n) is 4.06. The van der Waals surface area contributed by atoms with Crippen molar-refractivity contribution >= 4 is 27.3 Å². The minimum Gasteiger partial charge on any atom is -0.397 e. The van der Waals surface area contributed by atoms with Crippen molar-refractivity contribution in [1.29, 1.82) is 0 Å². The van der Waals surface area contributed by atoms with Gasteiger partial charge in [0.25, 0.3) is 0 Å². The summed E-state index contributed by atoms with van der Waals surface area (Å²) in [5, 5.41) is 9.84. The largest absolute Gasteiger partial charge is 0.397 e. The Bertz CT molecular complexity index is 590. The molecule has 0 bridgehead atoms. The summed E-state index contributed by atoms with van der Waals surface area (Å²) < 4.78 is 27.4. The Morgan fingerprint density at radius 1 is 1.33 bits per heavy atom. The van der Waals surface area contributed by atoms with Crippen LogP contribution in [0.1, 0.15) is 32.3 Å². The number of hydrogen-bond acceptors (Lipinski definition) is 4. The van der Waals surface area contributed by atoms with Crippen LogP contribution in [-0.4, -0.2) is 26.7 Å². The van der Waals surface area contributed by atoms with Crippen LogP contribution in [0.2, 0.25) is 5.02 Å². The fraction of sp³-hybridized carbons (Fsp3) is 0.571. The van der Waals surface area contributed by atoms with Crippen molar-refractivity contribution in [3.8, 4) is 0 Å². The van der Waals surface area contributed by atoms with E-state index in [9.17, 15) is 13.5 Å². The van der Waals surface area contributed by atoms with Gasteiger partial charge in [0.2, 0.25) is 10.0 Å². The molecule has 21 heavy (non-hydrogen) atoms. The molecular weight excluding hydrogens is 312 g/mol. The highest BCUT2D eigenvalue weighted by atomic mass is 35.5. The maximum atomic E-state index is 12.4. The van der Waals surface area contributed by atoms with Crippen LogP contribution in [0.15, 0.2) is 17.0 Å². The molecule has 0 aliphatic heterocycles. The average Bonchev–Trinajstić information content (AvgIpc) is 2.45. The number of aliphatic hydroxyl groups excluding tert-OH is 1. The van der Waals surface area contributed by atoms with Gasteiger partial charge in [-0.15, -0.1) is 0 Å². The van der Waals surface area contributed by atoms with Crippen LogP contribution in [0, 0.1) is 12.3 Å². The molecule has 0 saturated carbocycles. The number of nitrogens with one attached hydrogen (secondary N) is 1. The SMILES string of the molecule is CCC(CC)(CO)CNS(=O)(=O)c1cc(N)c(Cl)cc1C. The summed E-state index contributed by atoms with van der Waals surface area (Å²) >= 11 is 5.88. The molecule has 7 heteroatoms. The smallest absolute Gasteiger partial charge is 0.240 e. The molecule has 4 N–H and O–H groups in total. The topological polar surface area (TPSA) is 92.4 Å². The molecular formula is C14H23ClN2O3S. The van der Waals surface area contributed by atoms with Crippen LogP contribution in [0.5, 0.6) is 0 Å². The second-order valence-electron chi connectivity index (χ2n) is 5.33. The van der Waals surface area contributed by atoms with E-state index in [4.69, 9.17) is 17.3 Å². The Kier molecular flexibility index (Phi) is 6.04. The monoisotopic (exact) mass is 334 g/mol. The number of benzene rings is 1. The quantitative estimate of drug-likeness (QED) is 0.667. The summed E-state index contributed by atoms with van der Waals surface area (Å²) in [5.74, 6) is 0. The average molecular weight is 335 g/mol. The zero-order valence-corrected chi connectivity index (χ0v) is 14.2. The van der Waals surface area contributed by atoms with Gasteiger partial charge >= 0.3 is 0 Å². The van der Waals surface area contributed by atoms with Gasteiger partial charge in [-0.1, -0.05) is 25.4 Å². The van der Waals surface area contributed by atoms with Gasteiger partial charge in [0.05, 0.1) is 15.6 Å². The number of sulfonamides is 1. The first kappa shape index (κ1) is 18.2. The Hall–Kier alpha value is -0.820. The van der Waals surface area contributed by atoms with Crippen molar-refractivity contribution in [2.24, 2.45) is 5.41 Å². The van der Waals surface area contributed by atoms with E-state index in [0.29, 0.717) is 23.4 Å². The van der Waals surface area contributed by atoms with Crippen LogP contribution in [0.4, 0.5) is 5.69 Å². The number of rotatable bonds is 7. The van der Waals surface area contributed by atoms with E-state index < -0.39 is 15.4 Å². The number of aryl methyl sites for hydroxylation is 1. The maximum absolute atomic E-state index is 12.4. The zero-order valence-electron chi connectivity index (χ0n) is 12.6. The summed E-state index contributed by atoms with van der Waals surface area (Å²) in [6.45, 7) is 5.64. The molecule has 0 spiro atoms. The van der Waals surface area contributed by atoms with Crippen molar-refractivity contribution in [2.75, 3.05) is 18.9 Å². The van der Waals surface area contributed by atoms with Gasteiger partial charge in [-0.25, -0.2) is 13.1 Å². The molecule has 0 heterocycles. The lowest BCUT2D eigenvalue weighted by atomic mass is 9.84. The van der Waals surface area contributed by atoms with Gasteiger partial charge < -0.3 is 10.8 Å². The molecule has 0 aliphatic rings. The molecule has 0 aromatic heterocycles. The second kappa shape index (κ2) is 6.96. The molecule has 0 saturated heterocycles. The highest BCUT2D eigenvalue weighted by Crippen LogP contribution is 2.28. The summed E-state index contributed by atoms with van der Waals surface area (Å²) in [7, 11) is -3.69. The number of hydrogen-bond donors (Lipinski definition) is 3. The Morgan fingerprint density at radius 3 is 2.38 bits per heavy atom. The van der Waals surface area contributed by atoms with Gasteiger partial charge in [0.1, 0.15) is 0 Å². The molecule has 120 valence electrons. The van der Waals surface area contributed by atoms with E-state index in [2.05, 4.69) is 4.72 Å². The summed E-state index contributed by atoms with van der Waals surface area (Å²) in [4.78, 5) is 0.114. The first-order chi connectivity index (χ1) is 9.71. The van der Waals surface area contributed by atoms with Gasteiger partial charge in [-0.3, -0.25) is 0 Å². The molecule has 0 radical (unpaired) electrons. The lowest BCUT2D eigenvalue weighted by Crippen LogP contribution is -2.39. The Labute approximate surface area is 131 Å². The number of nitrogen functional groups attached to an aromatic ring is 1. The van der Waals surface area contributed by atoms with Gasteiger partial charge in [-0.05, 0) is 37.5 Å². The van der Waals surface area contributed by atoms with Crippen molar-refractivity contribution in [3.63, 3.8) is 0 Å². The van der Waals surface area contributed by atoms with Crippen molar-refractivity contribution in [3.05, 3.63) is 22.7 Å². The highest BCUT2D eigenvalue weighted by molar-refractivity contribution is 7.89. The molecule has 0 aliphatic carbocycles. The first-order valence-electron chi connectivity index (χ1n) is 6.87. The maximum Gasteiger partial charge on any atom is 0.240 e. The van der Waals surface area contributed by atoms with Crippen LogP contribution >= 0.6 is 11.6 Å². The summed E-state index contributed by atoms with van der Waals surface area (Å²) in [6, 6.07) is 2.89. The van der Waals surface area contributed by atoms with Crippen molar-refractivity contribution < 1.29 is 13.5 Å². The Morgan fingerprint density at radius 2 is 1.90 bits per heavy atom. The van der Waals surface area contributed by atoms with Crippen LogP contribution in [0.3, 0.4) is 0 Å². The van der Waals surface area contributed by atoms with Crippen molar-refractivity contribution in [2.45, 2.75) is 38.5 Å². The van der Waals surface area contributed by atoms with E-state index in [0.717, 1.165) is 0 Å². The molecule has 1 aromatic carbocycles. The summed E-state index contributed by atoms with van der Waals surface area (Å²) in [6.07, 6.45) is 1.37. The highest BCUT2D eigenvalue weighted by Gasteiger charge is 2.28. The zero-order chi connectivity index (χ0) is 16.3. The number of anilines is 1. The first-order valence-corrected chi connectivity index (χ1v) is 8.73. The van der Waals surface area contributed by atoms with Crippen LogP contribution in [0.25, 0.3) is 0 Å². The predicted molar refractivity (Wildman–Crippen MR) is 85.9 cm³/mol. The lowest BCUT2D eigenvalue weighted by Gasteiger charge is -2.29. The Balaban J connectivity index is 3.05. The number of halogens is 1. The number of aliphatic hydroxyl groups is 1. The minimum absolute atomic E-state index is 0.0652. The van der Waals surface area contributed by atoms with E-state index >= 15 is 0 Å². The fourth-order valence-corrected chi connectivity index (χ4v) is 3.70. The van der Waals surface area contributed by atoms with Gasteiger partial charge in [-0.2, -0.15) is 0 Å². The molecule has 5 nitrogen and oxygen atoms in total. The standard InChI is InChI=1S/C14H23ClN2O3S/c1-4-14(5-2,9-18)8-17-21(19,20)13-7-12(16)11(15)6-10(13)3/h6-7,17-18H,4-5,8-9,16H2,1-3H3. The van der Waals surface area contributed by atoms with Gasteiger partial charge in [0, 0.05) is 18.6 Å². The molecule has 0 amide bonds. The molecule has 1 rings (SSSR count). The minimum atomic E-state index is -3.69.